The average molecular weight is 376 g/mol. The second kappa shape index (κ2) is 5.89. The Hall–Kier alpha value is -0.510. The summed E-state index contributed by atoms with van der Waals surface area (Å²) in [6, 6.07) is 13.3. The molecule has 0 radical (unpaired) electrons. The van der Waals surface area contributed by atoms with Crippen molar-refractivity contribution in [1.82, 2.24) is 0 Å². The van der Waals surface area contributed by atoms with E-state index in [0.717, 1.165) is 26.9 Å². The van der Waals surface area contributed by atoms with Crippen LogP contribution in [0.5, 0.6) is 11.5 Å². The molecule has 1 nitrogen and oxygen atoms in total. The standard InChI is InChI=1S/C13H9Br2ClO/c14-8-9-1-4-12(7-13(9)16)17-11-5-2-10(15)3-6-11/h1-7H,8H2. The van der Waals surface area contributed by atoms with E-state index in [9.17, 15) is 0 Å². The van der Waals surface area contributed by atoms with Gasteiger partial charge < -0.3 is 4.74 Å². The van der Waals surface area contributed by atoms with E-state index in [2.05, 4.69) is 31.9 Å². The Balaban J connectivity index is 2.19. The Morgan fingerprint density at radius 3 is 2.24 bits per heavy atom. The van der Waals surface area contributed by atoms with E-state index in [1.54, 1.807) is 0 Å². The fourth-order valence-electron chi connectivity index (χ4n) is 1.34. The first-order chi connectivity index (χ1) is 8.19. The molecule has 0 N–H and O–H groups in total. The molecule has 2 rings (SSSR count). The predicted octanol–water partition coefficient (Wildman–Crippen LogP) is 5.79. The van der Waals surface area contributed by atoms with Crippen molar-refractivity contribution >= 4 is 43.5 Å². The van der Waals surface area contributed by atoms with Crippen molar-refractivity contribution in [2.24, 2.45) is 0 Å². The van der Waals surface area contributed by atoms with E-state index >= 15 is 0 Å². The summed E-state index contributed by atoms with van der Waals surface area (Å²) in [4.78, 5) is 0. The molecule has 0 amide bonds. The zero-order chi connectivity index (χ0) is 12.3. The van der Waals surface area contributed by atoms with Crippen molar-refractivity contribution in [3.63, 3.8) is 0 Å². The molecule has 0 saturated heterocycles. The lowest BCUT2D eigenvalue weighted by molar-refractivity contribution is 0.482. The molecule has 2 aromatic carbocycles. The van der Waals surface area contributed by atoms with E-state index in [1.807, 2.05) is 42.5 Å². The SMILES string of the molecule is Clc1cc(Oc2ccc(Br)cc2)ccc1CBr. The minimum absolute atomic E-state index is 0.705. The summed E-state index contributed by atoms with van der Waals surface area (Å²) in [5.41, 5.74) is 1.05. The van der Waals surface area contributed by atoms with Gasteiger partial charge in [-0.1, -0.05) is 49.5 Å². The van der Waals surface area contributed by atoms with Crippen molar-refractivity contribution in [3.8, 4) is 11.5 Å². The van der Waals surface area contributed by atoms with Gasteiger partial charge in [0.25, 0.3) is 0 Å². The summed E-state index contributed by atoms with van der Waals surface area (Å²) in [6.07, 6.45) is 0. The number of rotatable bonds is 3. The van der Waals surface area contributed by atoms with Crippen molar-refractivity contribution in [3.05, 3.63) is 57.5 Å². The van der Waals surface area contributed by atoms with E-state index in [4.69, 9.17) is 16.3 Å². The van der Waals surface area contributed by atoms with E-state index in [1.165, 1.54) is 0 Å². The van der Waals surface area contributed by atoms with Gasteiger partial charge in [-0.25, -0.2) is 0 Å². The van der Waals surface area contributed by atoms with Gasteiger partial charge in [0.05, 0.1) is 0 Å². The third-order valence-corrected chi connectivity index (χ3v) is 3.70. The Kier molecular flexibility index (Phi) is 4.48. The van der Waals surface area contributed by atoms with E-state index < -0.39 is 0 Å². The summed E-state index contributed by atoms with van der Waals surface area (Å²) in [5.74, 6) is 1.53. The van der Waals surface area contributed by atoms with Crippen LogP contribution >= 0.6 is 43.5 Å². The quantitative estimate of drug-likeness (QED) is 0.616. The Morgan fingerprint density at radius 2 is 1.65 bits per heavy atom. The minimum atomic E-state index is 0.705. The zero-order valence-electron chi connectivity index (χ0n) is 8.79. The van der Waals surface area contributed by atoms with Gasteiger partial charge in [-0.05, 0) is 42.0 Å². The van der Waals surface area contributed by atoms with Crippen LogP contribution in [0.1, 0.15) is 5.56 Å². The van der Waals surface area contributed by atoms with Crippen molar-refractivity contribution in [2.45, 2.75) is 5.33 Å². The fraction of sp³-hybridized carbons (Fsp3) is 0.0769. The first kappa shape index (κ1) is 12.9. The largest absolute Gasteiger partial charge is 0.457 e. The highest BCUT2D eigenvalue weighted by Gasteiger charge is 2.02. The lowest BCUT2D eigenvalue weighted by Gasteiger charge is -2.07. The Morgan fingerprint density at radius 1 is 1.00 bits per heavy atom. The molecule has 0 aliphatic carbocycles. The Bertz CT molecular complexity index is 511. The molecular weight excluding hydrogens is 367 g/mol. The normalized spacial score (nSPS) is 10.3. The number of halogens is 3. The van der Waals surface area contributed by atoms with Gasteiger partial charge in [0.15, 0.2) is 0 Å². The van der Waals surface area contributed by atoms with Gasteiger partial charge >= 0.3 is 0 Å². The molecule has 0 aliphatic heterocycles. The van der Waals surface area contributed by atoms with Gasteiger partial charge in [-0.3, -0.25) is 0 Å². The molecule has 2 aromatic rings. The molecule has 0 fully saturated rings. The number of benzene rings is 2. The molecule has 0 spiro atoms. The van der Waals surface area contributed by atoms with Gasteiger partial charge in [0, 0.05) is 14.8 Å². The first-order valence-electron chi connectivity index (χ1n) is 4.97. The molecule has 0 atom stereocenters. The number of ether oxygens (including phenoxy) is 1. The molecule has 4 heteroatoms. The summed E-state index contributed by atoms with van der Waals surface area (Å²) in [7, 11) is 0. The maximum absolute atomic E-state index is 6.10. The van der Waals surface area contributed by atoms with Gasteiger partial charge in [-0.15, -0.1) is 0 Å². The molecule has 0 saturated carbocycles. The summed E-state index contributed by atoms with van der Waals surface area (Å²) in [6.45, 7) is 0. The number of hydrogen-bond donors (Lipinski definition) is 0. The van der Waals surface area contributed by atoms with Crippen molar-refractivity contribution in [2.75, 3.05) is 0 Å². The van der Waals surface area contributed by atoms with Crippen molar-refractivity contribution < 1.29 is 4.74 Å². The minimum Gasteiger partial charge on any atom is -0.457 e. The maximum atomic E-state index is 6.10. The fourth-order valence-corrected chi connectivity index (χ4v) is 2.49. The van der Waals surface area contributed by atoms with Crippen LogP contribution in [0.4, 0.5) is 0 Å². The third kappa shape index (κ3) is 3.47. The first-order valence-corrected chi connectivity index (χ1v) is 7.26. The number of hydrogen-bond acceptors (Lipinski definition) is 1. The summed E-state index contributed by atoms with van der Waals surface area (Å²) in [5, 5.41) is 1.45. The second-order valence-electron chi connectivity index (χ2n) is 3.44. The van der Waals surface area contributed by atoms with Crippen LogP contribution < -0.4 is 4.74 Å². The molecule has 88 valence electrons. The van der Waals surface area contributed by atoms with Crippen LogP contribution in [0.3, 0.4) is 0 Å². The molecule has 0 aromatic heterocycles. The monoisotopic (exact) mass is 374 g/mol. The molecule has 0 bridgehead atoms. The lowest BCUT2D eigenvalue weighted by atomic mass is 10.2. The van der Waals surface area contributed by atoms with Crippen molar-refractivity contribution in [1.29, 1.82) is 0 Å². The second-order valence-corrected chi connectivity index (χ2v) is 5.33. The van der Waals surface area contributed by atoms with Crippen LogP contribution in [-0.4, -0.2) is 0 Å². The topological polar surface area (TPSA) is 9.23 Å². The predicted molar refractivity (Wildman–Crippen MR) is 78.3 cm³/mol. The molecule has 17 heavy (non-hydrogen) atoms. The summed E-state index contributed by atoms with van der Waals surface area (Å²) < 4.78 is 6.72. The highest BCUT2D eigenvalue weighted by molar-refractivity contribution is 9.10. The van der Waals surface area contributed by atoms with Crippen LogP contribution in [0, 0.1) is 0 Å². The number of alkyl halides is 1. The van der Waals surface area contributed by atoms with Crippen LogP contribution in [0.15, 0.2) is 46.9 Å². The third-order valence-electron chi connectivity index (χ3n) is 2.22. The smallest absolute Gasteiger partial charge is 0.128 e. The lowest BCUT2D eigenvalue weighted by Crippen LogP contribution is -1.86. The Labute approximate surface area is 122 Å². The average Bonchev–Trinajstić information content (AvgIpc) is 2.32. The molecule has 0 aliphatic rings. The van der Waals surface area contributed by atoms with E-state index in [-0.39, 0.29) is 0 Å². The maximum Gasteiger partial charge on any atom is 0.128 e. The molecule has 0 unspecified atom stereocenters. The van der Waals surface area contributed by atoms with Crippen LogP contribution in [0.2, 0.25) is 5.02 Å². The van der Waals surface area contributed by atoms with Crippen LogP contribution in [0.25, 0.3) is 0 Å². The van der Waals surface area contributed by atoms with Gasteiger partial charge in [0.2, 0.25) is 0 Å². The zero-order valence-corrected chi connectivity index (χ0v) is 12.7. The van der Waals surface area contributed by atoms with Crippen LogP contribution in [-0.2, 0) is 5.33 Å². The van der Waals surface area contributed by atoms with E-state index in [0.29, 0.717) is 5.02 Å². The highest BCUT2D eigenvalue weighted by Crippen LogP contribution is 2.28. The van der Waals surface area contributed by atoms with Gasteiger partial charge in [0.1, 0.15) is 11.5 Å². The highest BCUT2D eigenvalue weighted by atomic mass is 79.9. The summed E-state index contributed by atoms with van der Waals surface area (Å²) >= 11 is 12.9. The molecular formula is C13H9Br2ClO. The van der Waals surface area contributed by atoms with Gasteiger partial charge in [-0.2, -0.15) is 0 Å². The molecule has 0 heterocycles.